The number of amides is 1. The SMILES string of the molecule is CCC(Oc1ccc(CNCC(C)C)cc1)C(N)=O. The van der Waals surface area contributed by atoms with E-state index in [9.17, 15) is 4.79 Å². The molecule has 1 aromatic carbocycles. The van der Waals surface area contributed by atoms with E-state index in [0.29, 0.717) is 18.1 Å². The molecule has 0 spiro atoms. The van der Waals surface area contributed by atoms with Gasteiger partial charge in [0.05, 0.1) is 0 Å². The van der Waals surface area contributed by atoms with Gasteiger partial charge in [0.25, 0.3) is 5.91 Å². The standard InChI is InChI=1S/C15H24N2O2/c1-4-14(15(16)18)19-13-7-5-12(6-8-13)10-17-9-11(2)3/h5-8,11,14,17H,4,9-10H2,1-3H3,(H2,16,18). The first-order chi connectivity index (χ1) is 9.02. The van der Waals surface area contributed by atoms with Gasteiger partial charge in [0.15, 0.2) is 6.10 Å². The van der Waals surface area contributed by atoms with Crippen LogP contribution in [0.2, 0.25) is 0 Å². The Bertz CT molecular complexity index is 388. The first kappa shape index (κ1) is 15.5. The number of primary amides is 1. The Morgan fingerprint density at radius 3 is 2.42 bits per heavy atom. The molecule has 0 aliphatic heterocycles. The van der Waals surface area contributed by atoms with Gasteiger partial charge in [-0.25, -0.2) is 0 Å². The third-order valence-corrected chi connectivity index (χ3v) is 2.77. The van der Waals surface area contributed by atoms with Crippen molar-refractivity contribution in [2.24, 2.45) is 11.7 Å². The summed E-state index contributed by atoms with van der Waals surface area (Å²) in [6.07, 6.45) is 0.0254. The van der Waals surface area contributed by atoms with E-state index in [1.54, 1.807) is 0 Å². The van der Waals surface area contributed by atoms with Gasteiger partial charge >= 0.3 is 0 Å². The van der Waals surface area contributed by atoms with Gasteiger partial charge in [0.2, 0.25) is 0 Å². The molecule has 1 atom stereocenters. The Kier molecular flexibility index (Phi) is 6.36. The third kappa shape index (κ3) is 5.75. The number of hydrogen-bond acceptors (Lipinski definition) is 3. The van der Waals surface area contributed by atoms with E-state index in [2.05, 4.69) is 19.2 Å². The second kappa shape index (κ2) is 7.79. The Balaban J connectivity index is 2.49. The van der Waals surface area contributed by atoms with Crippen LogP contribution in [0.4, 0.5) is 0 Å². The van der Waals surface area contributed by atoms with Crippen molar-refractivity contribution in [2.75, 3.05) is 6.54 Å². The number of hydrogen-bond donors (Lipinski definition) is 2. The molecule has 1 rings (SSSR count). The van der Waals surface area contributed by atoms with Crippen LogP contribution in [0.1, 0.15) is 32.8 Å². The van der Waals surface area contributed by atoms with Gasteiger partial charge in [-0.3, -0.25) is 4.79 Å². The Morgan fingerprint density at radius 2 is 1.95 bits per heavy atom. The monoisotopic (exact) mass is 264 g/mol. The first-order valence-electron chi connectivity index (χ1n) is 6.78. The molecule has 4 nitrogen and oxygen atoms in total. The molecule has 3 N–H and O–H groups in total. The van der Waals surface area contributed by atoms with Gasteiger partial charge in [-0.1, -0.05) is 32.9 Å². The fourth-order valence-electron chi connectivity index (χ4n) is 1.70. The highest BCUT2D eigenvalue weighted by atomic mass is 16.5. The van der Waals surface area contributed by atoms with Crippen LogP contribution in [0, 0.1) is 5.92 Å². The molecule has 0 aromatic heterocycles. The minimum Gasteiger partial charge on any atom is -0.481 e. The summed E-state index contributed by atoms with van der Waals surface area (Å²) in [6, 6.07) is 7.74. The number of ether oxygens (including phenoxy) is 1. The van der Waals surface area contributed by atoms with Gasteiger partial charge in [0.1, 0.15) is 5.75 Å². The highest BCUT2D eigenvalue weighted by Gasteiger charge is 2.14. The number of nitrogens with two attached hydrogens (primary N) is 1. The van der Waals surface area contributed by atoms with Gasteiger partial charge in [-0.05, 0) is 36.6 Å². The van der Waals surface area contributed by atoms with Gasteiger partial charge in [-0.15, -0.1) is 0 Å². The molecule has 0 aliphatic carbocycles. The van der Waals surface area contributed by atoms with E-state index in [1.165, 1.54) is 5.56 Å². The highest BCUT2D eigenvalue weighted by molar-refractivity contribution is 5.79. The fraction of sp³-hybridized carbons (Fsp3) is 0.533. The molecule has 0 fully saturated rings. The molecule has 0 saturated carbocycles. The molecule has 1 unspecified atom stereocenters. The van der Waals surface area contributed by atoms with Gasteiger partial charge < -0.3 is 15.8 Å². The van der Waals surface area contributed by atoms with Crippen LogP contribution in [-0.4, -0.2) is 18.6 Å². The van der Waals surface area contributed by atoms with Crippen molar-refractivity contribution in [3.05, 3.63) is 29.8 Å². The minimum atomic E-state index is -0.551. The average Bonchev–Trinajstić information content (AvgIpc) is 2.37. The lowest BCUT2D eigenvalue weighted by molar-refractivity contribution is -0.124. The zero-order valence-electron chi connectivity index (χ0n) is 12.0. The van der Waals surface area contributed by atoms with Crippen molar-refractivity contribution in [1.82, 2.24) is 5.32 Å². The lowest BCUT2D eigenvalue weighted by atomic mass is 10.2. The number of rotatable bonds is 8. The molecular formula is C15H24N2O2. The molecule has 0 heterocycles. The minimum absolute atomic E-state index is 0.426. The zero-order chi connectivity index (χ0) is 14.3. The Morgan fingerprint density at radius 1 is 1.32 bits per heavy atom. The van der Waals surface area contributed by atoms with Crippen molar-refractivity contribution in [3.63, 3.8) is 0 Å². The van der Waals surface area contributed by atoms with Gasteiger partial charge in [0, 0.05) is 6.54 Å². The lowest BCUT2D eigenvalue weighted by Crippen LogP contribution is -2.32. The van der Waals surface area contributed by atoms with E-state index < -0.39 is 12.0 Å². The summed E-state index contributed by atoms with van der Waals surface area (Å²) in [5, 5.41) is 3.38. The molecule has 0 bridgehead atoms. The number of carbonyl (C=O) groups excluding carboxylic acids is 1. The van der Waals surface area contributed by atoms with Crippen LogP contribution in [0.15, 0.2) is 24.3 Å². The summed E-state index contributed by atoms with van der Waals surface area (Å²) < 4.78 is 5.53. The number of nitrogens with one attached hydrogen (secondary N) is 1. The van der Waals surface area contributed by atoms with Crippen LogP contribution in [-0.2, 0) is 11.3 Å². The maximum atomic E-state index is 11.1. The molecule has 4 heteroatoms. The maximum Gasteiger partial charge on any atom is 0.258 e. The first-order valence-corrected chi connectivity index (χ1v) is 6.78. The second-order valence-electron chi connectivity index (χ2n) is 5.09. The van der Waals surface area contributed by atoms with Gasteiger partial charge in [-0.2, -0.15) is 0 Å². The highest BCUT2D eigenvalue weighted by Crippen LogP contribution is 2.15. The quantitative estimate of drug-likeness (QED) is 0.755. The maximum absolute atomic E-state index is 11.1. The van der Waals surface area contributed by atoms with Crippen LogP contribution >= 0.6 is 0 Å². The van der Waals surface area contributed by atoms with Crippen LogP contribution in [0.3, 0.4) is 0 Å². The molecule has 0 radical (unpaired) electrons. The third-order valence-electron chi connectivity index (χ3n) is 2.77. The van der Waals surface area contributed by atoms with E-state index >= 15 is 0 Å². The summed E-state index contributed by atoms with van der Waals surface area (Å²) in [6.45, 7) is 8.07. The summed E-state index contributed by atoms with van der Waals surface area (Å²) in [4.78, 5) is 11.1. The van der Waals surface area contributed by atoms with Crippen LogP contribution < -0.4 is 15.8 Å². The van der Waals surface area contributed by atoms with E-state index in [4.69, 9.17) is 10.5 Å². The van der Waals surface area contributed by atoms with Crippen molar-refractivity contribution < 1.29 is 9.53 Å². The smallest absolute Gasteiger partial charge is 0.258 e. The van der Waals surface area contributed by atoms with E-state index in [0.717, 1.165) is 13.1 Å². The molecule has 1 amide bonds. The zero-order valence-corrected chi connectivity index (χ0v) is 12.0. The largest absolute Gasteiger partial charge is 0.481 e. The number of benzene rings is 1. The lowest BCUT2D eigenvalue weighted by Gasteiger charge is -2.14. The Hall–Kier alpha value is -1.55. The summed E-state index contributed by atoms with van der Waals surface area (Å²) in [5.74, 6) is 0.895. The van der Waals surface area contributed by atoms with E-state index in [1.807, 2.05) is 31.2 Å². The molecule has 19 heavy (non-hydrogen) atoms. The normalized spacial score (nSPS) is 12.4. The number of carbonyl (C=O) groups is 1. The van der Waals surface area contributed by atoms with Crippen molar-refractivity contribution in [2.45, 2.75) is 39.8 Å². The predicted molar refractivity (Wildman–Crippen MR) is 76.9 cm³/mol. The predicted octanol–water partition coefficient (Wildman–Crippen LogP) is 2.07. The molecule has 1 aromatic rings. The van der Waals surface area contributed by atoms with E-state index in [-0.39, 0.29) is 0 Å². The van der Waals surface area contributed by atoms with Crippen molar-refractivity contribution >= 4 is 5.91 Å². The molecule has 0 aliphatic rings. The Labute approximate surface area is 115 Å². The second-order valence-corrected chi connectivity index (χ2v) is 5.09. The summed E-state index contributed by atoms with van der Waals surface area (Å²) >= 11 is 0. The summed E-state index contributed by atoms with van der Waals surface area (Å²) in [7, 11) is 0. The van der Waals surface area contributed by atoms with Crippen LogP contribution in [0.5, 0.6) is 5.75 Å². The van der Waals surface area contributed by atoms with Crippen molar-refractivity contribution in [3.8, 4) is 5.75 Å². The average molecular weight is 264 g/mol. The summed E-state index contributed by atoms with van der Waals surface area (Å²) in [5.41, 5.74) is 6.44. The van der Waals surface area contributed by atoms with Crippen LogP contribution in [0.25, 0.3) is 0 Å². The fourth-order valence-corrected chi connectivity index (χ4v) is 1.70. The molecule has 0 saturated heterocycles. The topological polar surface area (TPSA) is 64.3 Å². The van der Waals surface area contributed by atoms with Crippen molar-refractivity contribution in [1.29, 1.82) is 0 Å². The molecule has 106 valence electrons. The molecular weight excluding hydrogens is 240 g/mol.